The third-order valence-corrected chi connectivity index (χ3v) is 6.64. The number of anilines is 2. The van der Waals surface area contributed by atoms with Crippen LogP contribution >= 0.6 is 0 Å². The zero-order chi connectivity index (χ0) is 21.4. The van der Waals surface area contributed by atoms with Crippen LogP contribution in [0.4, 0.5) is 20.5 Å². The maximum absolute atomic E-state index is 12.9. The highest BCUT2D eigenvalue weighted by Crippen LogP contribution is 2.37. The van der Waals surface area contributed by atoms with Gasteiger partial charge in [-0.1, -0.05) is 0 Å². The standard InChI is InChI=1S/C17H24F2N8O2S/c1-26-5-7-27(8-6-26)16-23-14-13(20-2-3-21-14)15(24-16)22-4-9-30(28,29)25-12-10-17(18,19)11-12/h2-3,12,25H,4-11H2,1H3,(H,21,22,23,24). The van der Waals surface area contributed by atoms with E-state index in [9.17, 15) is 17.2 Å². The molecule has 4 rings (SSSR count). The zero-order valence-corrected chi connectivity index (χ0v) is 17.4. The molecule has 1 saturated carbocycles. The van der Waals surface area contributed by atoms with Crippen LogP contribution in [0.3, 0.4) is 0 Å². The van der Waals surface area contributed by atoms with Crippen LogP contribution in [0.15, 0.2) is 12.4 Å². The molecule has 0 amide bonds. The number of sulfonamides is 1. The van der Waals surface area contributed by atoms with Crippen LogP contribution in [0, 0.1) is 0 Å². The number of halogens is 2. The number of likely N-dealkylation sites (N-methyl/N-ethyl adjacent to an activating group) is 1. The Morgan fingerprint density at radius 2 is 1.83 bits per heavy atom. The van der Waals surface area contributed by atoms with Crippen LogP contribution in [-0.2, 0) is 10.0 Å². The number of rotatable bonds is 7. The average molecular weight is 442 g/mol. The molecule has 2 fully saturated rings. The van der Waals surface area contributed by atoms with Crippen molar-refractivity contribution >= 4 is 33.0 Å². The molecule has 164 valence electrons. The number of fused-ring (bicyclic) bond motifs is 1. The summed E-state index contributed by atoms with van der Waals surface area (Å²) in [6.07, 6.45) is 2.14. The summed E-state index contributed by atoms with van der Waals surface area (Å²) in [5.74, 6) is -2.14. The number of aromatic nitrogens is 4. The average Bonchev–Trinajstić information content (AvgIpc) is 2.66. The van der Waals surface area contributed by atoms with Crippen molar-refractivity contribution in [3.63, 3.8) is 0 Å². The van der Waals surface area contributed by atoms with Gasteiger partial charge >= 0.3 is 0 Å². The van der Waals surface area contributed by atoms with E-state index in [0.717, 1.165) is 26.2 Å². The molecule has 1 aliphatic carbocycles. The van der Waals surface area contributed by atoms with Gasteiger partial charge in [-0.25, -0.2) is 31.9 Å². The largest absolute Gasteiger partial charge is 0.367 e. The first kappa shape index (κ1) is 21.0. The van der Waals surface area contributed by atoms with E-state index in [1.807, 2.05) is 4.90 Å². The van der Waals surface area contributed by atoms with Gasteiger partial charge in [0.15, 0.2) is 17.0 Å². The fourth-order valence-corrected chi connectivity index (χ4v) is 4.65. The van der Waals surface area contributed by atoms with Gasteiger partial charge in [0.05, 0.1) is 5.75 Å². The molecule has 13 heteroatoms. The summed E-state index contributed by atoms with van der Waals surface area (Å²) in [4.78, 5) is 21.8. The van der Waals surface area contributed by atoms with Crippen molar-refractivity contribution in [1.29, 1.82) is 0 Å². The molecule has 1 saturated heterocycles. The lowest BCUT2D eigenvalue weighted by Crippen LogP contribution is -2.51. The Bertz CT molecular complexity index is 1010. The number of alkyl halides is 2. The van der Waals surface area contributed by atoms with Crippen LogP contribution in [-0.4, -0.2) is 90.7 Å². The van der Waals surface area contributed by atoms with Crippen molar-refractivity contribution in [1.82, 2.24) is 29.6 Å². The van der Waals surface area contributed by atoms with E-state index >= 15 is 0 Å². The highest BCUT2D eigenvalue weighted by Gasteiger charge is 2.46. The summed E-state index contributed by atoms with van der Waals surface area (Å²) in [6, 6.07) is -0.709. The zero-order valence-electron chi connectivity index (χ0n) is 16.6. The minimum atomic E-state index is -3.69. The predicted octanol–water partition coefficient (Wildman–Crippen LogP) is 0.301. The Morgan fingerprint density at radius 3 is 2.53 bits per heavy atom. The molecule has 1 aliphatic heterocycles. The van der Waals surface area contributed by atoms with Gasteiger partial charge in [-0.05, 0) is 7.05 Å². The van der Waals surface area contributed by atoms with Crippen molar-refractivity contribution < 1.29 is 17.2 Å². The summed E-state index contributed by atoms with van der Waals surface area (Å²) in [5, 5.41) is 3.00. The molecular formula is C17H24F2N8O2S. The first-order valence-electron chi connectivity index (χ1n) is 9.75. The monoisotopic (exact) mass is 442 g/mol. The highest BCUT2D eigenvalue weighted by molar-refractivity contribution is 7.89. The molecule has 2 aromatic heterocycles. The number of nitrogens with one attached hydrogen (secondary N) is 2. The third kappa shape index (κ3) is 4.90. The fourth-order valence-electron chi connectivity index (χ4n) is 3.48. The normalized spacial score (nSPS) is 20.3. The molecular weight excluding hydrogens is 418 g/mol. The quantitative estimate of drug-likeness (QED) is 0.624. The number of nitrogens with zero attached hydrogens (tertiary/aromatic N) is 6. The molecule has 0 atom stereocenters. The predicted molar refractivity (Wildman–Crippen MR) is 108 cm³/mol. The Hall–Kier alpha value is -2.25. The molecule has 0 aromatic carbocycles. The first-order valence-corrected chi connectivity index (χ1v) is 11.4. The van der Waals surface area contributed by atoms with E-state index in [2.05, 4.69) is 41.9 Å². The van der Waals surface area contributed by atoms with Crippen LogP contribution in [0.1, 0.15) is 12.8 Å². The smallest absolute Gasteiger partial charge is 0.251 e. The van der Waals surface area contributed by atoms with Crippen LogP contribution in [0.5, 0.6) is 0 Å². The Morgan fingerprint density at radius 1 is 1.13 bits per heavy atom. The van der Waals surface area contributed by atoms with Gasteiger partial charge < -0.3 is 15.1 Å². The lowest BCUT2D eigenvalue weighted by molar-refractivity contribution is -0.0876. The molecule has 0 spiro atoms. The molecule has 2 aromatic rings. The molecule has 0 radical (unpaired) electrons. The van der Waals surface area contributed by atoms with Gasteiger partial charge in [0.2, 0.25) is 16.0 Å². The van der Waals surface area contributed by atoms with E-state index < -0.39 is 34.8 Å². The Balaban J connectivity index is 1.44. The molecule has 0 unspecified atom stereocenters. The van der Waals surface area contributed by atoms with Crippen LogP contribution in [0.2, 0.25) is 0 Å². The second-order valence-corrected chi connectivity index (χ2v) is 9.59. The number of hydrogen-bond acceptors (Lipinski definition) is 9. The lowest BCUT2D eigenvalue weighted by atomic mass is 9.89. The summed E-state index contributed by atoms with van der Waals surface area (Å²) in [6.45, 7) is 3.35. The fraction of sp³-hybridized carbons (Fsp3) is 0.647. The minimum absolute atomic E-state index is 0.0450. The third-order valence-electron chi connectivity index (χ3n) is 5.21. The van der Waals surface area contributed by atoms with E-state index in [4.69, 9.17) is 0 Å². The van der Waals surface area contributed by atoms with Crippen molar-refractivity contribution in [2.24, 2.45) is 0 Å². The highest BCUT2D eigenvalue weighted by atomic mass is 32.2. The molecule has 2 aliphatic rings. The Labute approximate surface area is 173 Å². The second-order valence-electron chi connectivity index (χ2n) is 7.72. The van der Waals surface area contributed by atoms with E-state index in [1.165, 1.54) is 12.4 Å². The summed E-state index contributed by atoms with van der Waals surface area (Å²) < 4.78 is 52.5. The van der Waals surface area contributed by atoms with Gasteiger partial charge in [0.25, 0.3) is 5.92 Å². The summed E-state index contributed by atoms with van der Waals surface area (Å²) in [5.41, 5.74) is 0.862. The van der Waals surface area contributed by atoms with Gasteiger partial charge in [-0.2, -0.15) is 9.97 Å². The van der Waals surface area contributed by atoms with Crippen molar-refractivity contribution in [2.75, 3.05) is 55.7 Å². The van der Waals surface area contributed by atoms with Crippen molar-refractivity contribution in [3.8, 4) is 0 Å². The molecule has 10 nitrogen and oxygen atoms in total. The molecule has 30 heavy (non-hydrogen) atoms. The van der Waals surface area contributed by atoms with Gasteiger partial charge in [-0.3, -0.25) is 0 Å². The first-order chi connectivity index (χ1) is 14.2. The van der Waals surface area contributed by atoms with Crippen LogP contribution < -0.4 is 14.9 Å². The van der Waals surface area contributed by atoms with Crippen molar-refractivity contribution in [3.05, 3.63) is 12.4 Å². The summed E-state index contributed by atoms with van der Waals surface area (Å²) >= 11 is 0. The van der Waals surface area contributed by atoms with Crippen LogP contribution in [0.25, 0.3) is 11.2 Å². The van der Waals surface area contributed by atoms with Gasteiger partial charge in [-0.15, -0.1) is 0 Å². The van der Waals surface area contributed by atoms with E-state index in [1.54, 1.807) is 0 Å². The molecule has 3 heterocycles. The maximum atomic E-state index is 12.9. The number of piperazine rings is 1. The second kappa shape index (κ2) is 8.12. The van der Waals surface area contributed by atoms with Gasteiger partial charge in [0.1, 0.15) is 0 Å². The summed E-state index contributed by atoms with van der Waals surface area (Å²) in [7, 11) is -1.64. The van der Waals surface area contributed by atoms with E-state index in [-0.39, 0.29) is 12.3 Å². The molecule has 2 N–H and O–H groups in total. The Kier molecular flexibility index (Phi) is 5.68. The topological polar surface area (TPSA) is 116 Å². The SMILES string of the molecule is CN1CCN(c2nc(NCCS(=O)(=O)NC3CC(F)(F)C3)c3nccnc3n2)CC1. The molecule has 0 bridgehead atoms. The van der Waals surface area contributed by atoms with E-state index in [0.29, 0.717) is 22.9 Å². The number of hydrogen-bond donors (Lipinski definition) is 2. The van der Waals surface area contributed by atoms with Crippen molar-refractivity contribution in [2.45, 2.75) is 24.8 Å². The lowest BCUT2D eigenvalue weighted by Gasteiger charge is -2.35. The maximum Gasteiger partial charge on any atom is 0.251 e. The van der Waals surface area contributed by atoms with Gasteiger partial charge in [0, 0.05) is 64.0 Å². The minimum Gasteiger partial charge on any atom is -0.367 e.